The fraction of sp³-hybridized carbons (Fsp3) is 0.583. The number of pyridine rings is 1. The van der Waals surface area contributed by atoms with E-state index >= 15 is 4.39 Å². The van der Waals surface area contributed by atoms with Crippen LogP contribution in [0.4, 0.5) is 10.2 Å². The molecule has 0 saturated carbocycles. The highest BCUT2D eigenvalue weighted by Crippen LogP contribution is 2.41. The molecule has 2 heterocycles. The van der Waals surface area contributed by atoms with Gasteiger partial charge in [0.2, 0.25) is 0 Å². The van der Waals surface area contributed by atoms with Gasteiger partial charge in [-0.05, 0) is 82.7 Å². The third-order valence-corrected chi connectivity index (χ3v) is 5.92. The van der Waals surface area contributed by atoms with Gasteiger partial charge < -0.3 is 24.8 Å². The zero-order chi connectivity index (χ0) is 23.1. The number of halogens is 1. The van der Waals surface area contributed by atoms with Crippen LogP contribution in [0.1, 0.15) is 50.7 Å². The normalized spacial score (nSPS) is 15.4. The summed E-state index contributed by atoms with van der Waals surface area (Å²) in [5.74, 6) is 1.03. The summed E-state index contributed by atoms with van der Waals surface area (Å²) in [4.78, 5) is 15.5. The first-order valence-electron chi connectivity index (χ1n) is 11.4. The van der Waals surface area contributed by atoms with E-state index in [2.05, 4.69) is 29.0 Å². The Morgan fingerprint density at radius 2 is 1.94 bits per heavy atom. The molecule has 1 aromatic heterocycles. The van der Waals surface area contributed by atoms with Gasteiger partial charge in [-0.3, -0.25) is 4.79 Å². The van der Waals surface area contributed by atoms with Crippen LogP contribution in [0.5, 0.6) is 11.5 Å². The van der Waals surface area contributed by atoms with Crippen molar-refractivity contribution in [1.82, 2.24) is 9.88 Å². The SMILES string of the molecule is COc1cc2c3c(c(NC(C)C)nc2c(F)c1OCCCN1CCCC1)CCC3.O=CO. The van der Waals surface area contributed by atoms with E-state index in [4.69, 9.17) is 19.4 Å². The molecule has 4 rings (SSSR count). The molecule has 0 amide bonds. The van der Waals surface area contributed by atoms with Crippen molar-refractivity contribution in [2.24, 2.45) is 0 Å². The van der Waals surface area contributed by atoms with Gasteiger partial charge in [0.25, 0.3) is 6.47 Å². The lowest BCUT2D eigenvalue weighted by molar-refractivity contribution is -0.122. The van der Waals surface area contributed by atoms with Crippen molar-refractivity contribution in [3.63, 3.8) is 0 Å². The number of nitrogens with one attached hydrogen (secondary N) is 1. The number of hydrogen-bond acceptors (Lipinski definition) is 6. The van der Waals surface area contributed by atoms with Gasteiger partial charge in [0, 0.05) is 18.0 Å². The van der Waals surface area contributed by atoms with Gasteiger partial charge in [-0.25, -0.2) is 9.37 Å². The maximum absolute atomic E-state index is 15.5. The number of carboxylic acid groups (broad SMARTS) is 1. The molecule has 2 aromatic rings. The summed E-state index contributed by atoms with van der Waals surface area (Å²) in [6.45, 7) is 7.69. The number of fused-ring (bicyclic) bond motifs is 3. The van der Waals surface area contributed by atoms with E-state index in [1.807, 2.05) is 6.07 Å². The van der Waals surface area contributed by atoms with Crippen LogP contribution in [-0.4, -0.2) is 60.9 Å². The molecule has 2 aliphatic rings. The van der Waals surface area contributed by atoms with Crippen LogP contribution in [0.2, 0.25) is 0 Å². The summed E-state index contributed by atoms with van der Waals surface area (Å²) in [6.07, 6.45) is 6.42. The van der Waals surface area contributed by atoms with E-state index in [9.17, 15) is 0 Å². The predicted octanol–water partition coefficient (Wildman–Crippen LogP) is 4.26. The highest BCUT2D eigenvalue weighted by molar-refractivity contribution is 5.90. The standard InChI is InChI=1S/C23H32FN3O2.CH2O2/c1-15(2)25-23-17-9-6-8-16(17)18-14-19(28-3)22(20(24)21(18)26-23)29-13-7-12-27-10-4-5-11-27;2-1-3/h14-15H,4-13H2,1-3H3,(H,25,26);1H,(H,2,3). The lowest BCUT2D eigenvalue weighted by atomic mass is 10.0. The highest BCUT2D eigenvalue weighted by Gasteiger charge is 2.25. The van der Waals surface area contributed by atoms with E-state index in [0.29, 0.717) is 17.9 Å². The third kappa shape index (κ3) is 5.41. The Morgan fingerprint density at radius 1 is 1.25 bits per heavy atom. The van der Waals surface area contributed by atoms with E-state index in [-0.39, 0.29) is 18.3 Å². The fourth-order valence-electron chi connectivity index (χ4n) is 4.57. The second kappa shape index (κ2) is 11.3. The Labute approximate surface area is 188 Å². The predicted molar refractivity (Wildman–Crippen MR) is 124 cm³/mol. The molecular weight excluding hydrogens is 413 g/mol. The number of likely N-dealkylation sites (tertiary alicyclic amines) is 1. The molecule has 1 saturated heterocycles. The molecule has 1 aliphatic heterocycles. The summed E-state index contributed by atoms with van der Waals surface area (Å²) in [5.41, 5.74) is 2.78. The zero-order valence-electron chi connectivity index (χ0n) is 19.2. The number of nitrogens with zero attached hydrogens (tertiary/aromatic N) is 2. The molecule has 0 unspecified atom stereocenters. The third-order valence-electron chi connectivity index (χ3n) is 5.92. The quantitative estimate of drug-likeness (QED) is 0.462. The number of methoxy groups -OCH3 is 1. The number of benzene rings is 1. The number of ether oxygens (including phenoxy) is 2. The minimum absolute atomic E-state index is 0.183. The topological polar surface area (TPSA) is 83.9 Å². The minimum Gasteiger partial charge on any atom is -0.493 e. The van der Waals surface area contributed by atoms with Crippen molar-refractivity contribution in [3.8, 4) is 11.5 Å². The first kappa shape index (κ1) is 24.0. The molecule has 2 N–H and O–H groups in total. The molecule has 0 bridgehead atoms. The molecule has 0 spiro atoms. The van der Waals surface area contributed by atoms with E-state index in [1.165, 1.54) is 24.0 Å². The molecule has 1 aliphatic carbocycles. The summed E-state index contributed by atoms with van der Waals surface area (Å²) in [6, 6.07) is 2.15. The molecule has 1 aromatic carbocycles. The van der Waals surface area contributed by atoms with Gasteiger partial charge >= 0.3 is 0 Å². The van der Waals surface area contributed by atoms with Crippen LogP contribution in [0.15, 0.2) is 6.07 Å². The fourth-order valence-corrected chi connectivity index (χ4v) is 4.57. The smallest absolute Gasteiger partial charge is 0.290 e. The number of aromatic nitrogens is 1. The number of anilines is 1. The summed E-state index contributed by atoms with van der Waals surface area (Å²) in [7, 11) is 1.57. The lowest BCUT2D eigenvalue weighted by Crippen LogP contribution is -2.22. The monoisotopic (exact) mass is 447 g/mol. The first-order chi connectivity index (χ1) is 15.5. The molecule has 176 valence electrons. The molecular formula is C24H34FN3O4. The number of rotatable bonds is 8. The summed E-state index contributed by atoms with van der Waals surface area (Å²) in [5, 5.41) is 11.1. The van der Waals surface area contributed by atoms with Crippen LogP contribution in [0.25, 0.3) is 10.9 Å². The van der Waals surface area contributed by atoms with Gasteiger partial charge in [0.1, 0.15) is 11.3 Å². The molecule has 7 nitrogen and oxygen atoms in total. The Bertz CT molecular complexity index is 930. The molecule has 32 heavy (non-hydrogen) atoms. The van der Waals surface area contributed by atoms with E-state index in [1.54, 1.807) is 7.11 Å². The summed E-state index contributed by atoms with van der Waals surface area (Å²) < 4.78 is 26.9. The van der Waals surface area contributed by atoms with Crippen molar-refractivity contribution < 1.29 is 23.8 Å². The molecule has 0 radical (unpaired) electrons. The maximum Gasteiger partial charge on any atom is 0.290 e. The second-order valence-corrected chi connectivity index (χ2v) is 8.54. The largest absolute Gasteiger partial charge is 0.493 e. The van der Waals surface area contributed by atoms with Crippen LogP contribution in [0, 0.1) is 5.82 Å². The number of carbonyl (C=O) groups is 1. The number of aryl methyl sites for hydroxylation is 1. The van der Waals surface area contributed by atoms with Gasteiger partial charge in [0.05, 0.1) is 13.7 Å². The van der Waals surface area contributed by atoms with Crippen LogP contribution < -0.4 is 14.8 Å². The molecule has 8 heteroatoms. The van der Waals surface area contributed by atoms with Crippen LogP contribution in [-0.2, 0) is 17.6 Å². The second-order valence-electron chi connectivity index (χ2n) is 8.54. The highest BCUT2D eigenvalue weighted by atomic mass is 19.1. The average molecular weight is 448 g/mol. The van der Waals surface area contributed by atoms with Crippen molar-refractivity contribution in [2.75, 3.05) is 38.7 Å². The Hall–Kier alpha value is -2.61. The van der Waals surface area contributed by atoms with Gasteiger partial charge in [-0.2, -0.15) is 0 Å². The van der Waals surface area contributed by atoms with Crippen molar-refractivity contribution in [2.45, 2.75) is 58.4 Å². The Morgan fingerprint density at radius 3 is 2.59 bits per heavy atom. The van der Waals surface area contributed by atoms with Crippen molar-refractivity contribution in [3.05, 3.63) is 23.0 Å². The van der Waals surface area contributed by atoms with E-state index in [0.717, 1.165) is 56.5 Å². The van der Waals surface area contributed by atoms with Crippen molar-refractivity contribution in [1.29, 1.82) is 0 Å². The molecule has 0 atom stereocenters. The van der Waals surface area contributed by atoms with Gasteiger partial charge in [-0.1, -0.05) is 0 Å². The lowest BCUT2D eigenvalue weighted by Gasteiger charge is -2.19. The Kier molecular flexibility index (Phi) is 8.50. The van der Waals surface area contributed by atoms with Gasteiger partial charge in [0.15, 0.2) is 17.3 Å². The van der Waals surface area contributed by atoms with E-state index < -0.39 is 5.82 Å². The van der Waals surface area contributed by atoms with Gasteiger partial charge in [-0.15, -0.1) is 0 Å². The molecule has 1 fully saturated rings. The zero-order valence-corrected chi connectivity index (χ0v) is 19.2. The first-order valence-corrected chi connectivity index (χ1v) is 11.4. The van der Waals surface area contributed by atoms with Crippen LogP contribution >= 0.6 is 0 Å². The number of hydrogen-bond donors (Lipinski definition) is 2. The van der Waals surface area contributed by atoms with Crippen molar-refractivity contribution >= 4 is 23.2 Å². The average Bonchev–Trinajstić information content (AvgIpc) is 3.45. The van der Waals surface area contributed by atoms with Crippen LogP contribution in [0.3, 0.4) is 0 Å². The minimum atomic E-state index is -0.415. The maximum atomic E-state index is 15.5. The summed E-state index contributed by atoms with van der Waals surface area (Å²) >= 11 is 0. The Balaban J connectivity index is 0.000000913.